The fourth-order valence-corrected chi connectivity index (χ4v) is 6.71. The zero-order valence-electron chi connectivity index (χ0n) is 16.1. The van der Waals surface area contributed by atoms with Gasteiger partial charge in [0, 0.05) is 33.3 Å². The lowest BCUT2D eigenvalue weighted by Crippen LogP contribution is -2.23. The maximum Gasteiger partial charge on any atom is 0.263 e. The summed E-state index contributed by atoms with van der Waals surface area (Å²) >= 11 is 9.55. The molecule has 0 amide bonds. The Morgan fingerprint density at radius 3 is 3.03 bits per heavy atom. The predicted octanol–water partition coefficient (Wildman–Crippen LogP) is 5.17. The first-order chi connectivity index (χ1) is 14.2. The maximum absolute atomic E-state index is 13.3. The van der Waals surface area contributed by atoms with E-state index in [4.69, 9.17) is 26.1 Å². The molecule has 0 unspecified atom stereocenters. The first kappa shape index (κ1) is 19.4. The Morgan fingerprint density at radius 1 is 1.31 bits per heavy atom. The standard InChI is InChI=1S/C21H21ClN2O3S2/c1-2-24-20(25)17-15-5-3-4-6-16(15)29-19(17)23-21(24)28-10-13-8-14(22)7-12-9-26-11-27-18(12)13/h7-8H,2-6,9-11H2,1H3. The minimum atomic E-state index is 0.0946. The first-order valence-corrected chi connectivity index (χ1v) is 12.0. The summed E-state index contributed by atoms with van der Waals surface area (Å²) in [7, 11) is 0. The molecule has 2 aromatic heterocycles. The number of rotatable bonds is 4. The average molecular weight is 449 g/mol. The Morgan fingerprint density at radius 2 is 2.17 bits per heavy atom. The fourth-order valence-electron chi connectivity index (χ4n) is 4.12. The molecule has 0 spiro atoms. The highest BCUT2D eigenvalue weighted by Gasteiger charge is 2.22. The van der Waals surface area contributed by atoms with Gasteiger partial charge in [-0.1, -0.05) is 23.4 Å². The van der Waals surface area contributed by atoms with Gasteiger partial charge in [0.2, 0.25) is 0 Å². The normalized spacial score (nSPS) is 15.8. The molecule has 1 aliphatic heterocycles. The molecule has 0 atom stereocenters. The third-order valence-electron chi connectivity index (χ3n) is 5.46. The largest absolute Gasteiger partial charge is 0.467 e. The van der Waals surface area contributed by atoms with Crippen LogP contribution in [-0.2, 0) is 36.5 Å². The van der Waals surface area contributed by atoms with Crippen molar-refractivity contribution in [3.05, 3.63) is 49.1 Å². The number of thioether (sulfide) groups is 1. The van der Waals surface area contributed by atoms with E-state index in [2.05, 4.69) is 0 Å². The quantitative estimate of drug-likeness (QED) is 0.407. The second kappa shape index (κ2) is 7.95. The van der Waals surface area contributed by atoms with Crippen molar-refractivity contribution in [2.75, 3.05) is 6.79 Å². The highest BCUT2D eigenvalue weighted by atomic mass is 35.5. The van der Waals surface area contributed by atoms with Crippen molar-refractivity contribution in [3.8, 4) is 5.75 Å². The van der Waals surface area contributed by atoms with Crippen molar-refractivity contribution in [3.63, 3.8) is 0 Å². The van der Waals surface area contributed by atoms with Gasteiger partial charge >= 0.3 is 0 Å². The molecule has 5 nitrogen and oxygen atoms in total. The molecule has 0 N–H and O–H groups in total. The molecule has 5 rings (SSSR count). The van der Waals surface area contributed by atoms with Gasteiger partial charge in [0.05, 0.1) is 12.0 Å². The van der Waals surface area contributed by atoms with Crippen LogP contribution >= 0.6 is 34.7 Å². The molecule has 0 saturated carbocycles. The summed E-state index contributed by atoms with van der Waals surface area (Å²) in [5, 5.41) is 2.26. The van der Waals surface area contributed by atoms with Crippen LogP contribution in [0.25, 0.3) is 10.2 Å². The molecule has 3 aromatic rings. The molecule has 152 valence electrons. The number of benzene rings is 1. The van der Waals surface area contributed by atoms with E-state index >= 15 is 0 Å². The van der Waals surface area contributed by atoms with Crippen LogP contribution in [0.1, 0.15) is 41.3 Å². The van der Waals surface area contributed by atoms with Crippen molar-refractivity contribution < 1.29 is 9.47 Å². The number of hydrogen-bond acceptors (Lipinski definition) is 6. The molecule has 29 heavy (non-hydrogen) atoms. The van der Waals surface area contributed by atoms with Gasteiger partial charge in [-0.2, -0.15) is 0 Å². The van der Waals surface area contributed by atoms with Gasteiger partial charge < -0.3 is 9.47 Å². The molecule has 0 fully saturated rings. The Bertz CT molecular complexity index is 1160. The molecule has 8 heteroatoms. The summed E-state index contributed by atoms with van der Waals surface area (Å²) < 4.78 is 12.9. The van der Waals surface area contributed by atoms with E-state index in [1.165, 1.54) is 16.9 Å². The molecule has 0 bridgehead atoms. The maximum atomic E-state index is 13.3. The molecule has 0 saturated heterocycles. The van der Waals surface area contributed by atoms with Crippen LogP contribution < -0.4 is 10.3 Å². The predicted molar refractivity (Wildman–Crippen MR) is 117 cm³/mol. The van der Waals surface area contributed by atoms with Crippen LogP contribution in [0.2, 0.25) is 5.02 Å². The average Bonchev–Trinajstić information content (AvgIpc) is 3.10. The summed E-state index contributed by atoms with van der Waals surface area (Å²) in [5.74, 6) is 1.47. The Hall–Kier alpha value is -1.54. The summed E-state index contributed by atoms with van der Waals surface area (Å²) in [6.45, 7) is 3.35. The lowest BCUT2D eigenvalue weighted by Gasteiger charge is -2.21. The third kappa shape index (κ3) is 3.48. The highest BCUT2D eigenvalue weighted by Crippen LogP contribution is 2.37. The molecule has 3 heterocycles. The minimum absolute atomic E-state index is 0.0946. The van der Waals surface area contributed by atoms with Gasteiger partial charge in [-0.25, -0.2) is 4.98 Å². The van der Waals surface area contributed by atoms with Crippen LogP contribution in [0, 0.1) is 0 Å². The van der Waals surface area contributed by atoms with E-state index in [1.807, 2.05) is 19.1 Å². The lowest BCUT2D eigenvalue weighted by molar-refractivity contribution is -0.0168. The van der Waals surface area contributed by atoms with Crippen molar-refractivity contribution in [2.45, 2.75) is 56.7 Å². The van der Waals surface area contributed by atoms with Gasteiger partial charge in [0.15, 0.2) is 11.9 Å². The van der Waals surface area contributed by atoms with E-state index in [9.17, 15) is 4.79 Å². The number of halogens is 1. The van der Waals surface area contributed by atoms with Crippen molar-refractivity contribution in [1.82, 2.24) is 9.55 Å². The SMILES string of the molecule is CCn1c(SCc2cc(Cl)cc3c2OCOC3)nc2sc3c(c2c1=O)CCCC3. The van der Waals surface area contributed by atoms with Gasteiger partial charge in [-0.3, -0.25) is 9.36 Å². The minimum Gasteiger partial charge on any atom is -0.467 e. The number of hydrogen-bond donors (Lipinski definition) is 0. The summed E-state index contributed by atoms with van der Waals surface area (Å²) in [5.41, 5.74) is 3.30. The van der Waals surface area contributed by atoms with Gasteiger partial charge in [-0.15, -0.1) is 11.3 Å². The van der Waals surface area contributed by atoms with Crippen LogP contribution in [0.4, 0.5) is 0 Å². The number of ether oxygens (including phenoxy) is 2. The van der Waals surface area contributed by atoms with Crippen molar-refractivity contribution in [1.29, 1.82) is 0 Å². The van der Waals surface area contributed by atoms with Crippen molar-refractivity contribution in [2.24, 2.45) is 0 Å². The molecule has 1 aromatic carbocycles. The summed E-state index contributed by atoms with van der Waals surface area (Å²) in [4.78, 5) is 20.4. The monoisotopic (exact) mass is 448 g/mol. The van der Waals surface area contributed by atoms with Gasteiger partial charge in [-0.05, 0) is 50.3 Å². The van der Waals surface area contributed by atoms with Crippen molar-refractivity contribution >= 4 is 44.9 Å². The number of nitrogens with zero attached hydrogens (tertiary/aromatic N) is 2. The second-order valence-corrected chi connectivity index (χ2v) is 9.75. The van der Waals surface area contributed by atoms with E-state index < -0.39 is 0 Å². The van der Waals surface area contributed by atoms with Gasteiger partial charge in [0.25, 0.3) is 5.56 Å². The molecular weight excluding hydrogens is 428 g/mol. The molecular formula is C21H21ClN2O3S2. The third-order valence-corrected chi connectivity index (χ3v) is 7.89. The first-order valence-electron chi connectivity index (χ1n) is 9.85. The molecule has 1 aliphatic carbocycles. The van der Waals surface area contributed by atoms with E-state index in [-0.39, 0.29) is 12.4 Å². The van der Waals surface area contributed by atoms with Crippen LogP contribution in [0.15, 0.2) is 22.1 Å². The lowest BCUT2D eigenvalue weighted by atomic mass is 9.97. The molecule has 2 aliphatic rings. The second-order valence-electron chi connectivity index (χ2n) is 7.29. The van der Waals surface area contributed by atoms with E-state index in [0.29, 0.717) is 23.9 Å². The van der Waals surface area contributed by atoms with Crippen LogP contribution in [-0.4, -0.2) is 16.3 Å². The number of thiophene rings is 1. The zero-order chi connectivity index (χ0) is 20.0. The Balaban J connectivity index is 1.53. The van der Waals surface area contributed by atoms with Crippen LogP contribution in [0.5, 0.6) is 5.75 Å². The van der Waals surface area contributed by atoms with Gasteiger partial charge in [0.1, 0.15) is 10.6 Å². The summed E-state index contributed by atoms with van der Waals surface area (Å²) in [6.07, 6.45) is 4.42. The topological polar surface area (TPSA) is 53.4 Å². The van der Waals surface area contributed by atoms with E-state index in [0.717, 1.165) is 51.5 Å². The summed E-state index contributed by atoms with van der Waals surface area (Å²) in [6, 6.07) is 3.81. The Kier molecular flexibility index (Phi) is 5.32. The Labute approximate surface area is 182 Å². The number of aromatic nitrogens is 2. The van der Waals surface area contributed by atoms with Crippen LogP contribution in [0.3, 0.4) is 0 Å². The zero-order valence-corrected chi connectivity index (χ0v) is 18.5. The fraction of sp³-hybridized carbons (Fsp3) is 0.429. The highest BCUT2D eigenvalue weighted by molar-refractivity contribution is 7.98. The number of fused-ring (bicyclic) bond motifs is 4. The number of aryl methyl sites for hydroxylation is 2. The molecule has 0 radical (unpaired) electrons. The van der Waals surface area contributed by atoms with E-state index in [1.54, 1.807) is 27.7 Å². The smallest absolute Gasteiger partial charge is 0.263 e.